The van der Waals surface area contributed by atoms with E-state index >= 15 is 0 Å². The summed E-state index contributed by atoms with van der Waals surface area (Å²) in [5.74, 6) is 0.548. The van der Waals surface area contributed by atoms with Gasteiger partial charge in [-0.25, -0.2) is 5.01 Å². The number of nitrogens with zero attached hydrogens (tertiary/aromatic N) is 3. The minimum atomic E-state index is -0.123. The van der Waals surface area contributed by atoms with Crippen molar-refractivity contribution in [3.63, 3.8) is 0 Å². The molecule has 4 heterocycles. The third-order valence-corrected chi connectivity index (χ3v) is 6.36. The van der Waals surface area contributed by atoms with Gasteiger partial charge in [0.15, 0.2) is 5.76 Å². The number of hydrogen-bond donors (Lipinski definition) is 2. The number of nitrogens with one attached hydrogen (secondary N) is 2. The molecule has 0 spiro atoms. The Balaban J connectivity index is 1.45. The van der Waals surface area contributed by atoms with Crippen LogP contribution in [-0.4, -0.2) is 46.8 Å². The van der Waals surface area contributed by atoms with E-state index < -0.39 is 0 Å². The van der Waals surface area contributed by atoms with E-state index in [4.69, 9.17) is 16.1 Å². The average molecular weight is 442 g/mol. The van der Waals surface area contributed by atoms with E-state index in [-0.39, 0.29) is 5.91 Å². The first-order valence-electron chi connectivity index (χ1n) is 9.73. The van der Waals surface area contributed by atoms with E-state index in [0.29, 0.717) is 22.3 Å². The normalized spacial score (nSPS) is 15.0. The fraction of sp³-hybridized carbons (Fsp3) is 0.238. The fourth-order valence-electron chi connectivity index (χ4n) is 3.66. The van der Waals surface area contributed by atoms with Crippen LogP contribution in [0.1, 0.15) is 16.2 Å². The average Bonchev–Trinajstić information content (AvgIpc) is 3.48. The van der Waals surface area contributed by atoms with Crippen LogP contribution in [0.25, 0.3) is 21.5 Å². The third-order valence-electron chi connectivity index (χ3n) is 5.11. The maximum atomic E-state index is 13.1. The number of para-hydroxylation sites is 1. The molecular formula is C21H20ClN5O2S. The molecule has 3 aromatic heterocycles. The Morgan fingerprint density at radius 3 is 2.83 bits per heavy atom. The van der Waals surface area contributed by atoms with Crippen molar-refractivity contribution < 1.29 is 9.32 Å². The van der Waals surface area contributed by atoms with Gasteiger partial charge in [0.2, 0.25) is 0 Å². The summed E-state index contributed by atoms with van der Waals surface area (Å²) in [4.78, 5) is 14.0. The number of benzene rings is 1. The molecule has 154 valence electrons. The molecule has 1 amide bonds. The van der Waals surface area contributed by atoms with Crippen molar-refractivity contribution >= 4 is 39.7 Å². The number of rotatable bonds is 5. The first-order chi connectivity index (χ1) is 14.7. The molecule has 0 unspecified atom stereocenters. The number of fused-ring (bicyclic) bond motifs is 1. The molecule has 9 heteroatoms. The van der Waals surface area contributed by atoms with Crippen LogP contribution >= 0.6 is 22.9 Å². The van der Waals surface area contributed by atoms with Gasteiger partial charge in [-0.3, -0.25) is 10.2 Å². The van der Waals surface area contributed by atoms with Crippen molar-refractivity contribution in [3.05, 3.63) is 64.3 Å². The minimum absolute atomic E-state index is 0.123. The Morgan fingerprint density at radius 2 is 2.03 bits per heavy atom. The van der Waals surface area contributed by atoms with Crippen molar-refractivity contribution in [1.82, 2.24) is 25.5 Å². The SMILES string of the molecule is O=C(NN1CCNCC1)c1cc2ccccc2n1Cc1cc(-c2ccc(Cl)s2)on1. The molecule has 0 atom stereocenters. The molecular weight excluding hydrogens is 422 g/mol. The lowest BCUT2D eigenvalue weighted by Gasteiger charge is -2.27. The van der Waals surface area contributed by atoms with Crippen LogP contribution in [0.3, 0.4) is 0 Å². The highest BCUT2D eigenvalue weighted by molar-refractivity contribution is 7.19. The molecule has 30 heavy (non-hydrogen) atoms. The molecule has 0 aliphatic carbocycles. The summed E-state index contributed by atoms with van der Waals surface area (Å²) in [6.07, 6.45) is 0. The number of hydrazine groups is 1. The Labute approximate surface area is 182 Å². The van der Waals surface area contributed by atoms with Gasteiger partial charge in [0, 0.05) is 43.1 Å². The van der Waals surface area contributed by atoms with E-state index in [9.17, 15) is 4.79 Å². The molecule has 0 bridgehead atoms. The highest BCUT2D eigenvalue weighted by atomic mass is 35.5. The summed E-state index contributed by atoms with van der Waals surface area (Å²) in [5.41, 5.74) is 5.35. The predicted molar refractivity (Wildman–Crippen MR) is 118 cm³/mol. The smallest absolute Gasteiger partial charge is 0.282 e. The highest BCUT2D eigenvalue weighted by Gasteiger charge is 2.20. The second kappa shape index (κ2) is 8.23. The minimum Gasteiger partial charge on any atom is -0.355 e. The molecule has 1 aromatic carbocycles. The van der Waals surface area contributed by atoms with E-state index in [1.807, 2.05) is 58.1 Å². The van der Waals surface area contributed by atoms with Gasteiger partial charge in [-0.1, -0.05) is 35.0 Å². The van der Waals surface area contributed by atoms with Crippen LogP contribution < -0.4 is 10.7 Å². The van der Waals surface area contributed by atoms with Crippen LogP contribution in [0.2, 0.25) is 4.34 Å². The van der Waals surface area contributed by atoms with Gasteiger partial charge < -0.3 is 14.4 Å². The van der Waals surface area contributed by atoms with Crippen LogP contribution in [0.4, 0.5) is 0 Å². The second-order valence-electron chi connectivity index (χ2n) is 7.14. The van der Waals surface area contributed by atoms with Crippen LogP contribution in [-0.2, 0) is 6.54 Å². The van der Waals surface area contributed by atoms with Gasteiger partial charge in [0.1, 0.15) is 11.4 Å². The second-order valence-corrected chi connectivity index (χ2v) is 8.85. The standard InChI is InChI=1S/C21H20ClN5O2S/c22-20-6-5-19(30-20)18-12-15(25-29-18)13-27-16-4-2-1-3-14(16)11-17(27)21(28)24-26-9-7-23-8-10-26/h1-6,11-12,23H,7-10,13H2,(H,24,28). The van der Waals surface area contributed by atoms with Gasteiger partial charge in [-0.2, -0.15) is 0 Å². The maximum absolute atomic E-state index is 13.1. The number of amides is 1. The third kappa shape index (κ3) is 3.87. The molecule has 5 rings (SSSR count). The maximum Gasteiger partial charge on any atom is 0.282 e. The quantitative estimate of drug-likeness (QED) is 0.495. The number of hydrogen-bond acceptors (Lipinski definition) is 6. The monoisotopic (exact) mass is 441 g/mol. The number of aromatic nitrogens is 2. The first kappa shape index (κ1) is 19.3. The van der Waals surface area contributed by atoms with Crippen LogP contribution in [0.15, 0.2) is 53.1 Å². The van der Waals surface area contributed by atoms with E-state index in [2.05, 4.69) is 15.9 Å². The lowest BCUT2D eigenvalue weighted by molar-refractivity contribution is 0.0756. The lowest BCUT2D eigenvalue weighted by atomic mass is 10.2. The largest absolute Gasteiger partial charge is 0.355 e. The molecule has 0 saturated carbocycles. The number of thiophene rings is 1. The van der Waals surface area contributed by atoms with Gasteiger partial charge in [0.25, 0.3) is 5.91 Å². The molecule has 1 aliphatic rings. The molecule has 1 saturated heterocycles. The number of halogens is 1. The highest BCUT2D eigenvalue weighted by Crippen LogP contribution is 2.31. The lowest BCUT2D eigenvalue weighted by Crippen LogP contribution is -2.52. The zero-order valence-electron chi connectivity index (χ0n) is 16.1. The summed E-state index contributed by atoms with van der Waals surface area (Å²) in [7, 11) is 0. The first-order valence-corrected chi connectivity index (χ1v) is 10.9. The van der Waals surface area contributed by atoms with E-state index in [1.165, 1.54) is 11.3 Å². The Hall–Kier alpha value is -2.65. The molecule has 1 fully saturated rings. The topological polar surface area (TPSA) is 75.3 Å². The van der Waals surface area contributed by atoms with E-state index in [1.54, 1.807) is 0 Å². The number of carbonyl (C=O) groups excluding carboxylic acids is 1. The number of piperazine rings is 1. The van der Waals surface area contributed by atoms with Crippen molar-refractivity contribution in [1.29, 1.82) is 0 Å². The van der Waals surface area contributed by atoms with Crippen molar-refractivity contribution in [2.24, 2.45) is 0 Å². The van der Waals surface area contributed by atoms with E-state index in [0.717, 1.165) is 47.7 Å². The van der Waals surface area contributed by atoms with Crippen molar-refractivity contribution in [3.8, 4) is 10.6 Å². The van der Waals surface area contributed by atoms with Crippen LogP contribution in [0, 0.1) is 0 Å². The molecule has 1 aliphatic heterocycles. The summed E-state index contributed by atoms with van der Waals surface area (Å²) >= 11 is 7.48. The molecule has 4 aromatic rings. The molecule has 7 nitrogen and oxygen atoms in total. The molecule has 0 radical (unpaired) electrons. The van der Waals surface area contributed by atoms with Gasteiger partial charge >= 0.3 is 0 Å². The van der Waals surface area contributed by atoms with Crippen LogP contribution in [0.5, 0.6) is 0 Å². The van der Waals surface area contributed by atoms with Gasteiger partial charge in [0.05, 0.1) is 15.8 Å². The molecule has 2 N–H and O–H groups in total. The zero-order valence-corrected chi connectivity index (χ0v) is 17.7. The Morgan fingerprint density at radius 1 is 1.20 bits per heavy atom. The van der Waals surface area contributed by atoms with Crippen molar-refractivity contribution in [2.75, 3.05) is 26.2 Å². The van der Waals surface area contributed by atoms with Gasteiger partial charge in [-0.05, 0) is 24.3 Å². The van der Waals surface area contributed by atoms with Gasteiger partial charge in [-0.15, -0.1) is 11.3 Å². The Bertz CT molecular complexity index is 1190. The summed E-state index contributed by atoms with van der Waals surface area (Å²) in [5, 5.41) is 10.5. The fourth-order valence-corrected chi connectivity index (χ4v) is 4.65. The zero-order chi connectivity index (χ0) is 20.5. The Kier molecular flexibility index (Phi) is 5.30. The number of carbonyl (C=O) groups is 1. The summed E-state index contributed by atoms with van der Waals surface area (Å²) in [6, 6.07) is 15.5. The summed E-state index contributed by atoms with van der Waals surface area (Å²) in [6.45, 7) is 3.71. The predicted octanol–water partition coefficient (Wildman–Crippen LogP) is 3.61. The van der Waals surface area contributed by atoms with Crippen molar-refractivity contribution in [2.45, 2.75) is 6.54 Å². The summed E-state index contributed by atoms with van der Waals surface area (Å²) < 4.78 is 8.20.